The first-order valence-corrected chi connectivity index (χ1v) is 5.88. The van der Waals surface area contributed by atoms with E-state index in [4.69, 9.17) is 0 Å². The van der Waals surface area contributed by atoms with Crippen LogP contribution in [0.2, 0.25) is 0 Å². The second-order valence-electron chi connectivity index (χ2n) is 3.92. The van der Waals surface area contributed by atoms with Crippen molar-refractivity contribution in [1.82, 2.24) is 0 Å². The Kier molecular flexibility index (Phi) is 4.45. The fourth-order valence-corrected chi connectivity index (χ4v) is 2.71. The Morgan fingerprint density at radius 2 is 2.00 bits per heavy atom. The zero-order valence-electron chi connectivity index (χ0n) is 7.68. The average molecular weight is 172 g/mol. The second kappa shape index (κ2) is 5.14. The molecular weight excluding hydrogens is 151 g/mol. The fourth-order valence-electron chi connectivity index (χ4n) is 2.29. The van der Waals surface area contributed by atoms with Gasteiger partial charge in [0.2, 0.25) is 0 Å². The molecule has 1 saturated carbocycles. The first kappa shape index (κ1) is 9.52. The van der Waals surface area contributed by atoms with E-state index in [1.54, 1.807) is 0 Å². The predicted octanol–water partition coefficient (Wildman–Crippen LogP) is 3.47. The fraction of sp³-hybridized carbons (Fsp3) is 1.00. The summed E-state index contributed by atoms with van der Waals surface area (Å²) in [5.74, 6) is 2.10. The standard InChI is InChI=1S/C10H21P/c1-2-4-9-5-3-6-10(7-9)8-11/h9-10H,2-8,11H2,1H3. The van der Waals surface area contributed by atoms with Crippen LogP contribution in [-0.4, -0.2) is 6.16 Å². The van der Waals surface area contributed by atoms with Crippen LogP contribution in [0.3, 0.4) is 0 Å². The Morgan fingerprint density at radius 1 is 1.27 bits per heavy atom. The molecule has 1 fully saturated rings. The van der Waals surface area contributed by atoms with Crippen molar-refractivity contribution in [3.05, 3.63) is 0 Å². The summed E-state index contributed by atoms with van der Waals surface area (Å²) in [5, 5.41) is 0. The van der Waals surface area contributed by atoms with Crippen LogP contribution in [0.5, 0.6) is 0 Å². The minimum atomic E-state index is 1.03. The third-order valence-corrected chi connectivity index (χ3v) is 3.59. The highest BCUT2D eigenvalue weighted by molar-refractivity contribution is 7.16. The van der Waals surface area contributed by atoms with Gasteiger partial charge in [-0.1, -0.05) is 39.0 Å². The van der Waals surface area contributed by atoms with Crippen molar-refractivity contribution < 1.29 is 0 Å². The summed E-state index contributed by atoms with van der Waals surface area (Å²) in [6, 6.07) is 0. The van der Waals surface area contributed by atoms with Crippen LogP contribution in [0.4, 0.5) is 0 Å². The van der Waals surface area contributed by atoms with Crippen LogP contribution in [-0.2, 0) is 0 Å². The summed E-state index contributed by atoms with van der Waals surface area (Å²) in [7, 11) is 2.90. The summed E-state index contributed by atoms with van der Waals surface area (Å²) in [4.78, 5) is 0. The zero-order chi connectivity index (χ0) is 8.10. The molecule has 1 aliphatic rings. The highest BCUT2D eigenvalue weighted by Crippen LogP contribution is 2.32. The van der Waals surface area contributed by atoms with Gasteiger partial charge in [-0.25, -0.2) is 0 Å². The largest absolute Gasteiger partial charge is 0.137 e. The molecule has 3 unspecified atom stereocenters. The van der Waals surface area contributed by atoms with Gasteiger partial charge in [-0.2, -0.15) is 0 Å². The molecule has 0 aliphatic heterocycles. The predicted molar refractivity (Wildman–Crippen MR) is 54.9 cm³/mol. The first-order chi connectivity index (χ1) is 5.36. The molecule has 11 heavy (non-hydrogen) atoms. The smallest absolute Gasteiger partial charge is 0.0353 e. The van der Waals surface area contributed by atoms with E-state index >= 15 is 0 Å². The molecule has 66 valence electrons. The minimum absolute atomic E-state index is 1.03. The van der Waals surface area contributed by atoms with Crippen molar-refractivity contribution in [2.45, 2.75) is 45.4 Å². The lowest BCUT2D eigenvalue weighted by Gasteiger charge is -2.27. The van der Waals surface area contributed by atoms with E-state index in [1.807, 2.05) is 0 Å². The van der Waals surface area contributed by atoms with Gasteiger partial charge in [0.1, 0.15) is 0 Å². The van der Waals surface area contributed by atoms with Gasteiger partial charge in [-0.15, -0.1) is 9.24 Å². The van der Waals surface area contributed by atoms with Gasteiger partial charge in [0.05, 0.1) is 0 Å². The van der Waals surface area contributed by atoms with Crippen LogP contribution in [0.1, 0.15) is 45.4 Å². The molecule has 0 radical (unpaired) electrons. The van der Waals surface area contributed by atoms with Gasteiger partial charge in [-0.05, 0) is 24.4 Å². The lowest BCUT2D eigenvalue weighted by molar-refractivity contribution is 0.271. The Bertz CT molecular complexity index is 99.0. The maximum Gasteiger partial charge on any atom is -0.0353 e. The van der Waals surface area contributed by atoms with Gasteiger partial charge in [0.25, 0.3) is 0 Å². The minimum Gasteiger partial charge on any atom is -0.137 e. The molecule has 0 saturated heterocycles. The number of hydrogen-bond acceptors (Lipinski definition) is 0. The van der Waals surface area contributed by atoms with Gasteiger partial charge in [-0.3, -0.25) is 0 Å². The Hall–Kier alpha value is 0.430. The molecule has 0 spiro atoms. The lowest BCUT2D eigenvalue weighted by atomic mass is 9.80. The van der Waals surface area contributed by atoms with E-state index in [9.17, 15) is 0 Å². The second-order valence-corrected chi connectivity index (χ2v) is 4.39. The monoisotopic (exact) mass is 172 g/mol. The van der Waals surface area contributed by atoms with Crippen molar-refractivity contribution in [1.29, 1.82) is 0 Å². The Morgan fingerprint density at radius 3 is 2.64 bits per heavy atom. The van der Waals surface area contributed by atoms with E-state index in [0.29, 0.717) is 0 Å². The molecule has 0 nitrogen and oxygen atoms in total. The topological polar surface area (TPSA) is 0 Å². The van der Waals surface area contributed by atoms with Gasteiger partial charge >= 0.3 is 0 Å². The van der Waals surface area contributed by atoms with Crippen LogP contribution >= 0.6 is 9.24 Å². The van der Waals surface area contributed by atoms with E-state index in [2.05, 4.69) is 16.2 Å². The van der Waals surface area contributed by atoms with Crippen molar-refractivity contribution in [2.24, 2.45) is 11.8 Å². The van der Waals surface area contributed by atoms with Crippen LogP contribution in [0.25, 0.3) is 0 Å². The molecule has 0 aromatic rings. The molecule has 0 N–H and O–H groups in total. The molecule has 0 heterocycles. The lowest BCUT2D eigenvalue weighted by Crippen LogP contribution is -2.16. The molecule has 1 heteroatoms. The molecule has 0 aromatic heterocycles. The molecule has 1 rings (SSSR count). The van der Waals surface area contributed by atoms with E-state index in [1.165, 1.54) is 44.7 Å². The first-order valence-electron chi connectivity index (χ1n) is 5.06. The van der Waals surface area contributed by atoms with Crippen molar-refractivity contribution >= 4 is 9.24 Å². The van der Waals surface area contributed by atoms with E-state index in [-0.39, 0.29) is 0 Å². The molecule has 1 aliphatic carbocycles. The van der Waals surface area contributed by atoms with E-state index < -0.39 is 0 Å². The average Bonchev–Trinajstić information content (AvgIpc) is 2.06. The SMILES string of the molecule is CCCC1CCCC(CP)C1. The highest BCUT2D eigenvalue weighted by atomic mass is 31.0. The molecule has 0 amide bonds. The summed E-state index contributed by atoms with van der Waals surface area (Å²) >= 11 is 0. The van der Waals surface area contributed by atoms with Crippen LogP contribution < -0.4 is 0 Å². The van der Waals surface area contributed by atoms with Crippen LogP contribution in [0, 0.1) is 11.8 Å². The number of hydrogen-bond donors (Lipinski definition) is 0. The van der Waals surface area contributed by atoms with Crippen molar-refractivity contribution in [3.63, 3.8) is 0 Å². The summed E-state index contributed by atoms with van der Waals surface area (Å²) in [6.45, 7) is 2.31. The van der Waals surface area contributed by atoms with Gasteiger partial charge < -0.3 is 0 Å². The Labute approximate surface area is 73.3 Å². The Balaban J connectivity index is 2.21. The normalized spacial score (nSPS) is 32.2. The zero-order valence-corrected chi connectivity index (χ0v) is 8.84. The quantitative estimate of drug-likeness (QED) is 0.572. The van der Waals surface area contributed by atoms with Crippen molar-refractivity contribution in [3.8, 4) is 0 Å². The third-order valence-electron chi connectivity index (χ3n) is 2.92. The maximum atomic E-state index is 2.90. The number of rotatable bonds is 3. The van der Waals surface area contributed by atoms with Gasteiger partial charge in [0, 0.05) is 0 Å². The molecule has 0 aromatic carbocycles. The summed E-state index contributed by atoms with van der Waals surface area (Å²) in [6.07, 6.45) is 10.2. The van der Waals surface area contributed by atoms with E-state index in [0.717, 1.165) is 11.8 Å². The van der Waals surface area contributed by atoms with Crippen LogP contribution in [0.15, 0.2) is 0 Å². The molecular formula is C10H21P. The summed E-state index contributed by atoms with van der Waals surface area (Å²) in [5.41, 5.74) is 0. The third kappa shape index (κ3) is 3.11. The highest BCUT2D eigenvalue weighted by Gasteiger charge is 2.19. The van der Waals surface area contributed by atoms with Gasteiger partial charge in [0.15, 0.2) is 0 Å². The van der Waals surface area contributed by atoms with Crippen molar-refractivity contribution in [2.75, 3.05) is 6.16 Å². The molecule has 3 atom stereocenters. The molecule has 0 bridgehead atoms. The summed E-state index contributed by atoms with van der Waals surface area (Å²) < 4.78 is 0. The maximum absolute atomic E-state index is 2.90.